The van der Waals surface area contributed by atoms with Gasteiger partial charge in [-0.25, -0.2) is 9.97 Å². The largest absolute Gasteiger partial charge is 0.478 e. The lowest BCUT2D eigenvalue weighted by Crippen LogP contribution is -2.47. The number of halogens is 1. The minimum Gasteiger partial charge on any atom is -0.478 e. The van der Waals surface area contributed by atoms with E-state index < -0.39 is 11.5 Å². The third-order valence-corrected chi connectivity index (χ3v) is 12.2. The van der Waals surface area contributed by atoms with Gasteiger partial charge in [0.05, 0.1) is 40.9 Å². The maximum absolute atomic E-state index is 12.8. The number of nitrogens with one attached hydrogen (secondary N) is 3. The average Bonchev–Trinajstić information content (AvgIpc) is 3.47. The van der Waals surface area contributed by atoms with Gasteiger partial charge in [0.15, 0.2) is 18.2 Å². The van der Waals surface area contributed by atoms with Gasteiger partial charge in [-0.1, -0.05) is 23.7 Å². The van der Waals surface area contributed by atoms with Crippen molar-refractivity contribution in [1.82, 2.24) is 44.8 Å². The molecule has 0 radical (unpaired) electrons. The van der Waals surface area contributed by atoms with Gasteiger partial charge in [-0.15, -0.1) is 0 Å². The summed E-state index contributed by atoms with van der Waals surface area (Å²) in [7, 11) is 5.03. The lowest BCUT2D eigenvalue weighted by Gasteiger charge is -2.37. The Morgan fingerprint density at radius 3 is 2.56 bits per heavy atom. The van der Waals surface area contributed by atoms with Crippen LogP contribution in [0.15, 0.2) is 47.5 Å². The molecule has 9 rings (SSSR count). The van der Waals surface area contributed by atoms with Gasteiger partial charge in [-0.3, -0.25) is 38.6 Å². The number of rotatable bonds is 10. The number of aryl methyl sites for hydroxylation is 2. The number of likely N-dealkylation sites (N-methyl/N-ethyl adjacent to an activating group) is 1. The highest BCUT2D eigenvalue weighted by Crippen LogP contribution is 2.52. The minimum atomic E-state index is -0.426. The van der Waals surface area contributed by atoms with Crippen LogP contribution in [-0.2, 0) is 28.5 Å². The number of hydrogen-bond donors (Lipinski definition) is 3. The standard InChI is InChI=1S/C39H43ClN12O5/c1-41-32(54)20-57-30-14-21-13-22(15-42-36(21)48(2)38(30)56)44-35-28(40)16-43-39(46-35)52-18-26-25(27(26)19-52)17-50-9-11-51(12-10-50)29-6-4-5-23-33(47-49(3)34(23)29)24-7-8-31(53)45-37(24)55/h4-6,13-16,24-27H,7-12,17-20H2,1-3H3,(H,41,54)(H,43,44,46)(H,45,53,55)/t24?,25?,26-,27+. The van der Waals surface area contributed by atoms with Gasteiger partial charge in [-0.05, 0) is 42.4 Å². The first-order valence-corrected chi connectivity index (χ1v) is 19.6. The molecular weight excluding hydrogens is 752 g/mol. The van der Waals surface area contributed by atoms with Crippen molar-refractivity contribution in [3.8, 4) is 5.75 Å². The van der Waals surface area contributed by atoms with E-state index in [1.54, 1.807) is 25.5 Å². The molecule has 3 saturated heterocycles. The molecule has 0 bridgehead atoms. The van der Waals surface area contributed by atoms with Gasteiger partial charge in [0.1, 0.15) is 10.7 Å². The van der Waals surface area contributed by atoms with E-state index in [4.69, 9.17) is 26.4 Å². The highest BCUT2D eigenvalue weighted by molar-refractivity contribution is 6.33. The fourth-order valence-electron chi connectivity index (χ4n) is 8.81. The number of fused-ring (bicyclic) bond motifs is 3. The number of ether oxygens (including phenoxy) is 1. The van der Waals surface area contributed by atoms with Crippen LogP contribution >= 0.6 is 11.6 Å². The Hall–Kier alpha value is -5.81. The lowest BCUT2D eigenvalue weighted by molar-refractivity contribution is -0.134. The van der Waals surface area contributed by atoms with Crippen molar-refractivity contribution in [3.63, 3.8) is 0 Å². The zero-order chi connectivity index (χ0) is 39.5. The molecule has 4 fully saturated rings. The van der Waals surface area contributed by atoms with E-state index >= 15 is 0 Å². The number of hydrogen-bond acceptors (Lipinski definition) is 13. The van der Waals surface area contributed by atoms with Gasteiger partial charge in [0.25, 0.3) is 11.5 Å². The quantitative estimate of drug-likeness (QED) is 0.175. The molecule has 4 aliphatic rings. The number of benzene rings is 1. The molecule has 7 heterocycles. The topological polar surface area (TPSA) is 185 Å². The number of aromatic nitrogens is 6. The first-order chi connectivity index (χ1) is 27.6. The SMILES string of the molecule is CNC(=O)COc1cc2cc(Nc3nc(N4C[C@@H]5C(CN6CCN(c7cccc8c(C9CCC(=O)NC9=O)nn(C)c78)CC6)[C@@H]5C4)ncc3Cl)cnc2n(C)c1=O. The van der Waals surface area contributed by atoms with E-state index in [2.05, 4.69) is 46.7 Å². The zero-order valence-electron chi connectivity index (χ0n) is 31.9. The smallest absolute Gasteiger partial charge is 0.294 e. The fraction of sp³-hybridized carbons (Fsp3) is 0.436. The third-order valence-electron chi connectivity index (χ3n) is 11.9. The molecule has 1 aliphatic carbocycles. The molecule has 2 unspecified atom stereocenters. The van der Waals surface area contributed by atoms with Crippen LogP contribution in [0.25, 0.3) is 21.9 Å². The van der Waals surface area contributed by atoms with Crippen LogP contribution in [-0.4, -0.2) is 111 Å². The maximum Gasteiger partial charge on any atom is 0.294 e. The molecule has 3 amide bonds. The van der Waals surface area contributed by atoms with E-state index in [-0.39, 0.29) is 30.1 Å². The van der Waals surface area contributed by atoms with Crippen molar-refractivity contribution >= 4 is 74.4 Å². The van der Waals surface area contributed by atoms with Crippen molar-refractivity contribution in [2.45, 2.75) is 18.8 Å². The molecule has 0 spiro atoms. The highest BCUT2D eigenvalue weighted by atomic mass is 35.5. The summed E-state index contributed by atoms with van der Waals surface area (Å²) < 4.78 is 8.75. The molecule has 4 atom stereocenters. The van der Waals surface area contributed by atoms with Crippen molar-refractivity contribution in [3.05, 3.63) is 63.8 Å². The maximum atomic E-state index is 12.8. The monoisotopic (exact) mass is 794 g/mol. The van der Waals surface area contributed by atoms with Crippen LogP contribution in [0.5, 0.6) is 5.75 Å². The molecule has 17 nitrogen and oxygen atoms in total. The Balaban J connectivity index is 0.807. The predicted molar refractivity (Wildman–Crippen MR) is 214 cm³/mol. The van der Waals surface area contributed by atoms with E-state index in [1.807, 2.05) is 29.9 Å². The van der Waals surface area contributed by atoms with Crippen LogP contribution in [0.3, 0.4) is 0 Å². The average molecular weight is 795 g/mol. The Kier molecular flexibility index (Phi) is 9.43. The van der Waals surface area contributed by atoms with Gasteiger partial charge >= 0.3 is 0 Å². The van der Waals surface area contributed by atoms with Gasteiger partial charge in [0.2, 0.25) is 17.8 Å². The number of carbonyl (C=O) groups is 3. The summed E-state index contributed by atoms with van der Waals surface area (Å²) >= 11 is 6.56. The summed E-state index contributed by atoms with van der Waals surface area (Å²) in [5, 5.41) is 15.0. The number of carbonyl (C=O) groups excluding carboxylic acids is 3. The zero-order valence-corrected chi connectivity index (χ0v) is 32.6. The Morgan fingerprint density at radius 1 is 1.02 bits per heavy atom. The van der Waals surface area contributed by atoms with E-state index in [1.165, 1.54) is 11.6 Å². The molecule has 1 aromatic carbocycles. The summed E-state index contributed by atoms with van der Waals surface area (Å²) in [5.74, 6) is 1.67. The third kappa shape index (κ3) is 6.88. The van der Waals surface area contributed by atoms with Crippen molar-refractivity contribution in [2.75, 3.05) is 74.6 Å². The highest BCUT2D eigenvalue weighted by Gasteiger charge is 2.56. The number of para-hydroxylation sites is 1. The Labute approximate surface area is 332 Å². The second-order valence-electron chi connectivity index (χ2n) is 15.3. The van der Waals surface area contributed by atoms with E-state index in [0.29, 0.717) is 64.1 Å². The molecule has 296 valence electrons. The van der Waals surface area contributed by atoms with Crippen molar-refractivity contribution < 1.29 is 19.1 Å². The van der Waals surface area contributed by atoms with Crippen LogP contribution in [0.4, 0.5) is 23.1 Å². The molecule has 5 aromatic rings. The number of amides is 3. The minimum absolute atomic E-state index is 0.0464. The number of imide groups is 1. The fourth-order valence-corrected chi connectivity index (χ4v) is 8.95. The number of piperidine rings is 2. The summed E-state index contributed by atoms with van der Waals surface area (Å²) in [6.45, 7) is 6.30. The summed E-state index contributed by atoms with van der Waals surface area (Å²) in [5.41, 5.74) is 3.57. The van der Waals surface area contributed by atoms with Gasteiger partial charge in [0, 0.05) is 84.1 Å². The summed E-state index contributed by atoms with van der Waals surface area (Å²) in [6, 6.07) is 9.60. The molecule has 57 heavy (non-hydrogen) atoms. The molecule has 1 saturated carbocycles. The Morgan fingerprint density at radius 2 is 1.81 bits per heavy atom. The van der Waals surface area contributed by atoms with Crippen molar-refractivity contribution in [2.24, 2.45) is 31.8 Å². The van der Waals surface area contributed by atoms with Crippen molar-refractivity contribution in [1.29, 1.82) is 0 Å². The summed E-state index contributed by atoms with van der Waals surface area (Å²) in [4.78, 5) is 70.0. The number of piperazine rings is 1. The molecular formula is C39H43ClN12O5. The Bertz CT molecular complexity index is 2490. The first kappa shape index (κ1) is 36.8. The first-order valence-electron chi connectivity index (χ1n) is 19.2. The number of nitrogens with zero attached hydrogens (tertiary/aromatic N) is 9. The second-order valence-corrected chi connectivity index (χ2v) is 15.7. The van der Waals surface area contributed by atoms with Crippen LogP contribution in [0.1, 0.15) is 24.5 Å². The second kappa shape index (κ2) is 14.6. The molecule has 3 N–H and O–H groups in total. The normalized spacial score (nSPS) is 22.2. The summed E-state index contributed by atoms with van der Waals surface area (Å²) in [6.07, 6.45) is 4.02. The molecule has 18 heteroatoms. The lowest BCUT2D eigenvalue weighted by atomic mass is 9.92. The van der Waals surface area contributed by atoms with E-state index in [9.17, 15) is 19.2 Å². The van der Waals surface area contributed by atoms with E-state index in [0.717, 1.165) is 68.1 Å². The predicted octanol–water partition coefficient (Wildman–Crippen LogP) is 2.16. The molecule has 4 aromatic heterocycles. The van der Waals surface area contributed by atoms with Crippen LogP contribution in [0.2, 0.25) is 5.02 Å². The van der Waals surface area contributed by atoms with Gasteiger partial charge < -0.3 is 25.2 Å². The number of pyridine rings is 2. The van der Waals surface area contributed by atoms with Crippen LogP contribution in [0, 0.1) is 17.8 Å². The van der Waals surface area contributed by atoms with Gasteiger partial charge in [-0.2, -0.15) is 10.1 Å². The molecule has 3 aliphatic heterocycles. The number of anilines is 4. The van der Waals surface area contributed by atoms with Crippen LogP contribution < -0.4 is 36.0 Å².